The van der Waals surface area contributed by atoms with Gasteiger partial charge in [-0.3, -0.25) is 4.79 Å². The minimum absolute atomic E-state index is 0.0777. The largest absolute Gasteiger partial charge is 0.383 e. The van der Waals surface area contributed by atoms with Crippen LogP contribution in [0.1, 0.15) is 12.8 Å². The van der Waals surface area contributed by atoms with E-state index in [2.05, 4.69) is 10.0 Å². The average molecular weight is 320 g/mol. The summed E-state index contributed by atoms with van der Waals surface area (Å²) in [6.45, 7) is 3.72. The van der Waals surface area contributed by atoms with Gasteiger partial charge >= 0.3 is 0 Å². The minimum Gasteiger partial charge on any atom is -0.383 e. The SMILES string of the molecule is COCCNS(=O)(=O)N1CCCC1C(=O)N1CCNCC1. The van der Waals surface area contributed by atoms with Crippen molar-refractivity contribution in [1.82, 2.24) is 19.2 Å². The number of nitrogens with one attached hydrogen (secondary N) is 2. The minimum atomic E-state index is -3.62. The van der Waals surface area contributed by atoms with Gasteiger partial charge in [-0.15, -0.1) is 0 Å². The number of carbonyl (C=O) groups excluding carboxylic acids is 1. The Bertz CT molecular complexity index is 450. The molecule has 2 heterocycles. The summed E-state index contributed by atoms with van der Waals surface area (Å²) >= 11 is 0. The molecule has 0 aliphatic carbocycles. The molecule has 0 bridgehead atoms. The van der Waals surface area contributed by atoms with E-state index in [1.54, 1.807) is 4.90 Å². The summed E-state index contributed by atoms with van der Waals surface area (Å²) in [7, 11) is -2.11. The summed E-state index contributed by atoms with van der Waals surface area (Å²) in [5, 5.41) is 3.18. The number of piperazine rings is 1. The summed E-state index contributed by atoms with van der Waals surface area (Å²) in [6, 6.07) is -0.567. The normalized spacial score (nSPS) is 24.4. The van der Waals surface area contributed by atoms with Gasteiger partial charge in [0.15, 0.2) is 0 Å². The standard InChI is InChI=1S/C12H24N4O4S/c1-20-10-6-14-21(18,19)16-7-2-3-11(16)12(17)15-8-4-13-5-9-15/h11,13-14H,2-10H2,1H3. The van der Waals surface area contributed by atoms with E-state index in [0.717, 1.165) is 13.1 Å². The first kappa shape index (κ1) is 16.6. The van der Waals surface area contributed by atoms with Crippen LogP contribution in [0.5, 0.6) is 0 Å². The van der Waals surface area contributed by atoms with Crippen molar-refractivity contribution < 1.29 is 17.9 Å². The maximum Gasteiger partial charge on any atom is 0.280 e. The molecule has 2 fully saturated rings. The fraction of sp³-hybridized carbons (Fsp3) is 0.917. The predicted octanol–water partition coefficient (Wildman–Crippen LogP) is -1.64. The lowest BCUT2D eigenvalue weighted by atomic mass is 10.2. The summed E-state index contributed by atoms with van der Waals surface area (Å²) < 4.78 is 33.2. The van der Waals surface area contributed by atoms with Crippen molar-refractivity contribution in [2.75, 3.05) is 53.0 Å². The Morgan fingerprint density at radius 3 is 2.71 bits per heavy atom. The Hall–Kier alpha value is -0.740. The van der Waals surface area contributed by atoms with Crippen LogP contribution in [0, 0.1) is 0 Å². The molecular formula is C12H24N4O4S. The van der Waals surface area contributed by atoms with Gasteiger partial charge in [-0.1, -0.05) is 0 Å². The fourth-order valence-corrected chi connectivity index (χ4v) is 4.13. The number of carbonyl (C=O) groups is 1. The molecule has 0 aromatic carbocycles. The molecule has 2 N–H and O–H groups in total. The summed E-state index contributed by atoms with van der Waals surface area (Å²) in [6.07, 6.45) is 1.31. The molecule has 0 aromatic heterocycles. The van der Waals surface area contributed by atoms with Crippen LogP contribution in [0.25, 0.3) is 0 Å². The van der Waals surface area contributed by atoms with E-state index in [4.69, 9.17) is 4.74 Å². The van der Waals surface area contributed by atoms with Gasteiger partial charge in [0.1, 0.15) is 6.04 Å². The second kappa shape index (κ2) is 7.50. The number of hydrogen-bond acceptors (Lipinski definition) is 5. The zero-order chi connectivity index (χ0) is 15.3. The van der Waals surface area contributed by atoms with E-state index in [1.165, 1.54) is 11.4 Å². The maximum absolute atomic E-state index is 12.5. The lowest BCUT2D eigenvalue weighted by Crippen LogP contribution is -2.55. The Kier molecular flexibility index (Phi) is 5.94. The lowest BCUT2D eigenvalue weighted by molar-refractivity contribution is -0.135. The number of methoxy groups -OCH3 is 1. The van der Waals surface area contributed by atoms with Crippen LogP contribution in [-0.4, -0.2) is 82.6 Å². The highest BCUT2D eigenvalue weighted by atomic mass is 32.2. The summed E-state index contributed by atoms with van der Waals surface area (Å²) in [5.74, 6) is -0.0777. The van der Waals surface area contributed by atoms with Crippen LogP contribution in [0.3, 0.4) is 0 Å². The van der Waals surface area contributed by atoms with Crippen LogP contribution >= 0.6 is 0 Å². The van der Waals surface area contributed by atoms with Crippen molar-refractivity contribution in [3.63, 3.8) is 0 Å². The van der Waals surface area contributed by atoms with Gasteiger partial charge < -0.3 is 15.0 Å². The Morgan fingerprint density at radius 2 is 2.05 bits per heavy atom. The number of hydrogen-bond donors (Lipinski definition) is 2. The Balaban J connectivity index is 2.00. The molecule has 0 spiro atoms. The van der Waals surface area contributed by atoms with E-state index in [-0.39, 0.29) is 12.5 Å². The monoisotopic (exact) mass is 320 g/mol. The van der Waals surface area contributed by atoms with Gasteiger partial charge in [0, 0.05) is 46.4 Å². The number of nitrogens with zero attached hydrogens (tertiary/aromatic N) is 2. The third kappa shape index (κ3) is 4.13. The second-order valence-electron chi connectivity index (χ2n) is 5.24. The smallest absolute Gasteiger partial charge is 0.280 e. The molecule has 122 valence electrons. The first-order valence-electron chi connectivity index (χ1n) is 7.31. The first-order chi connectivity index (χ1) is 10.1. The number of amides is 1. The molecule has 2 rings (SSSR count). The zero-order valence-corrected chi connectivity index (χ0v) is 13.2. The first-order valence-corrected chi connectivity index (χ1v) is 8.75. The Morgan fingerprint density at radius 1 is 1.33 bits per heavy atom. The van der Waals surface area contributed by atoms with Crippen LogP contribution in [0.15, 0.2) is 0 Å². The van der Waals surface area contributed by atoms with Crippen LogP contribution in [-0.2, 0) is 19.7 Å². The molecule has 0 saturated carbocycles. The molecule has 9 heteroatoms. The zero-order valence-electron chi connectivity index (χ0n) is 12.4. The second-order valence-corrected chi connectivity index (χ2v) is 6.94. The number of rotatable bonds is 6. The molecule has 8 nitrogen and oxygen atoms in total. The van der Waals surface area contributed by atoms with Gasteiger partial charge in [0.05, 0.1) is 6.61 Å². The molecular weight excluding hydrogens is 296 g/mol. The van der Waals surface area contributed by atoms with Crippen molar-refractivity contribution in [2.45, 2.75) is 18.9 Å². The van der Waals surface area contributed by atoms with E-state index < -0.39 is 16.3 Å². The van der Waals surface area contributed by atoms with Gasteiger partial charge in [-0.05, 0) is 12.8 Å². The number of ether oxygens (including phenoxy) is 1. The summed E-state index contributed by atoms with van der Waals surface area (Å²) in [4.78, 5) is 14.3. The van der Waals surface area contributed by atoms with Crippen molar-refractivity contribution in [2.24, 2.45) is 0 Å². The molecule has 2 saturated heterocycles. The van der Waals surface area contributed by atoms with E-state index >= 15 is 0 Å². The van der Waals surface area contributed by atoms with Gasteiger partial charge in [0.25, 0.3) is 10.2 Å². The highest BCUT2D eigenvalue weighted by molar-refractivity contribution is 7.87. The highest BCUT2D eigenvalue weighted by Gasteiger charge is 2.40. The Labute approximate surface area is 126 Å². The molecule has 0 aromatic rings. The van der Waals surface area contributed by atoms with Crippen molar-refractivity contribution >= 4 is 16.1 Å². The van der Waals surface area contributed by atoms with Crippen LogP contribution < -0.4 is 10.0 Å². The quantitative estimate of drug-likeness (QED) is 0.573. The molecule has 1 unspecified atom stereocenters. The lowest BCUT2D eigenvalue weighted by Gasteiger charge is -2.32. The van der Waals surface area contributed by atoms with Gasteiger partial charge in [-0.2, -0.15) is 17.4 Å². The maximum atomic E-state index is 12.5. The molecule has 2 aliphatic heterocycles. The van der Waals surface area contributed by atoms with E-state index in [9.17, 15) is 13.2 Å². The predicted molar refractivity (Wildman–Crippen MR) is 78.0 cm³/mol. The molecule has 2 aliphatic rings. The summed E-state index contributed by atoms with van der Waals surface area (Å²) in [5.41, 5.74) is 0. The molecule has 1 amide bonds. The van der Waals surface area contributed by atoms with Crippen LogP contribution in [0.2, 0.25) is 0 Å². The van der Waals surface area contributed by atoms with Crippen molar-refractivity contribution in [1.29, 1.82) is 0 Å². The van der Waals surface area contributed by atoms with Gasteiger partial charge in [0.2, 0.25) is 5.91 Å². The molecule has 21 heavy (non-hydrogen) atoms. The average Bonchev–Trinajstić information content (AvgIpc) is 2.98. The third-order valence-electron chi connectivity index (χ3n) is 3.82. The fourth-order valence-electron chi connectivity index (χ4n) is 2.73. The molecule has 1 atom stereocenters. The van der Waals surface area contributed by atoms with Crippen LogP contribution in [0.4, 0.5) is 0 Å². The highest BCUT2D eigenvalue weighted by Crippen LogP contribution is 2.22. The molecule has 0 radical (unpaired) electrons. The van der Waals surface area contributed by atoms with Crippen molar-refractivity contribution in [3.05, 3.63) is 0 Å². The van der Waals surface area contributed by atoms with Gasteiger partial charge in [-0.25, -0.2) is 0 Å². The van der Waals surface area contributed by atoms with Crippen molar-refractivity contribution in [3.8, 4) is 0 Å². The third-order valence-corrected chi connectivity index (χ3v) is 5.44. The topological polar surface area (TPSA) is 91.0 Å². The van der Waals surface area contributed by atoms with E-state index in [1.807, 2.05) is 0 Å². The van der Waals surface area contributed by atoms with E-state index in [0.29, 0.717) is 39.1 Å².